The summed E-state index contributed by atoms with van der Waals surface area (Å²) in [5, 5.41) is 18.2. The van der Waals surface area contributed by atoms with Crippen molar-refractivity contribution in [2.24, 2.45) is 0 Å². The topological polar surface area (TPSA) is 128 Å². The molecule has 0 saturated carbocycles. The SMILES string of the molecule is [NH-]CC[O-].[NH-]CC[O-].[O]=[Mo+2]=[O]. The Labute approximate surface area is 73.7 Å². The third-order valence-electron chi connectivity index (χ3n) is 0.204. The normalized spacial score (nSPS) is 6.18. The van der Waals surface area contributed by atoms with E-state index in [9.17, 15) is 0 Å². The molecule has 0 atom stereocenters. The molecular formula is C4H10MoN2O4-2. The molecule has 7 heteroatoms. The number of nitrogens with one attached hydrogen (secondary N) is 2. The van der Waals surface area contributed by atoms with E-state index in [-0.39, 0.29) is 26.3 Å². The van der Waals surface area contributed by atoms with Crippen molar-refractivity contribution in [3.63, 3.8) is 0 Å². The van der Waals surface area contributed by atoms with Gasteiger partial charge in [0.2, 0.25) is 0 Å². The van der Waals surface area contributed by atoms with Crippen molar-refractivity contribution in [1.82, 2.24) is 0 Å². The Kier molecular flexibility index (Phi) is 50.4. The van der Waals surface area contributed by atoms with Crippen molar-refractivity contribution < 1.29 is 35.5 Å². The molecule has 0 unspecified atom stereocenters. The van der Waals surface area contributed by atoms with Gasteiger partial charge in [0.1, 0.15) is 0 Å². The van der Waals surface area contributed by atoms with Gasteiger partial charge in [0, 0.05) is 0 Å². The number of hydrogen-bond donors (Lipinski definition) is 0. The van der Waals surface area contributed by atoms with Crippen LogP contribution in [-0.4, -0.2) is 26.3 Å². The van der Waals surface area contributed by atoms with Crippen molar-refractivity contribution in [1.29, 1.82) is 0 Å². The minimum absolute atomic E-state index is 0.0139. The number of rotatable bonds is 2. The van der Waals surface area contributed by atoms with Crippen LogP contribution in [0, 0.1) is 0 Å². The van der Waals surface area contributed by atoms with Crippen LogP contribution in [-0.2, 0) is 25.3 Å². The minimum atomic E-state index is -2.03. The van der Waals surface area contributed by atoms with E-state index in [1.54, 1.807) is 0 Å². The molecule has 0 radical (unpaired) electrons. The predicted molar refractivity (Wildman–Crippen MR) is 29.5 cm³/mol. The second kappa shape index (κ2) is 32.1. The number of hydrogen-bond acceptors (Lipinski definition) is 4. The zero-order valence-electron chi connectivity index (χ0n) is 5.87. The van der Waals surface area contributed by atoms with Gasteiger partial charge >= 0.3 is 25.3 Å². The third kappa shape index (κ3) is 148. The molecule has 0 amide bonds. The van der Waals surface area contributed by atoms with Crippen LogP contribution in [0.2, 0.25) is 0 Å². The summed E-state index contributed by atoms with van der Waals surface area (Å²) in [4.78, 5) is 0. The average Bonchev–Trinajstić information content (AvgIpc) is 2.06. The maximum absolute atomic E-state index is 9.11. The molecule has 0 aliphatic carbocycles. The van der Waals surface area contributed by atoms with Gasteiger partial charge in [0.15, 0.2) is 0 Å². The molecule has 0 saturated heterocycles. The van der Waals surface area contributed by atoms with Gasteiger partial charge in [0.05, 0.1) is 0 Å². The molecule has 11 heavy (non-hydrogen) atoms. The Morgan fingerprint density at radius 1 is 1.00 bits per heavy atom. The third-order valence-corrected chi connectivity index (χ3v) is 0.204. The molecule has 68 valence electrons. The zero-order chi connectivity index (χ0) is 9.54. The first-order chi connectivity index (χ1) is 5.24. The van der Waals surface area contributed by atoms with Gasteiger partial charge < -0.3 is 21.7 Å². The van der Waals surface area contributed by atoms with E-state index in [2.05, 4.69) is 0 Å². The van der Waals surface area contributed by atoms with Crippen LogP contribution in [0.15, 0.2) is 0 Å². The summed E-state index contributed by atoms with van der Waals surface area (Å²) < 4.78 is 17.0. The quantitative estimate of drug-likeness (QED) is 0.552. The molecule has 0 bridgehead atoms. The van der Waals surface area contributed by atoms with E-state index in [1.807, 2.05) is 0 Å². The van der Waals surface area contributed by atoms with Crippen molar-refractivity contribution in [2.45, 2.75) is 0 Å². The van der Waals surface area contributed by atoms with E-state index < -0.39 is 18.5 Å². The van der Waals surface area contributed by atoms with Crippen LogP contribution in [0.4, 0.5) is 0 Å². The Balaban J connectivity index is -0.0000000886. The van der Waals surface area contributed by atoms with Gasteiger partial charge in [-0.15, -0.1) is 0 Å². The molecule has 0 spiro atoms. The van der Waals surface area contributed by atoms with Crippen molar-refractivity contribution in [3.8, 4) is 0 Å². The molecular weight excluding hydrogens is 236 g/mol. The van der Waals surface area contributed by atoms with Crippen LogP contribution < -0.4 is 10.2 Å². The molecule has 0 heterocycles. The van der Waals surface area contributed by atoms with Gasteiger partial charge in [-0.05, 0) is 0 Å². The van der Waals surface area contributed by atoms with E-state index in [1.165, 1.54) is 0 Å². The first kappa shape index (κ1) is 17.3. The molecule has 0 aromatic heterocycles. The molecule has 2 N–H and O–H groups in total. The maximum atomic E-state index is 9.11. The zero-order valence-corrected chi connectivity index (χ0v) is 7.88. The van der Waals surface area contributed by atoms with Crippen molar-refractivity contribution in [2.75, 3.05) is 26.3 Å². The fourth-order valence-electron chi connectivity index (χ4n) is 0. The summed E-state index contributed by atoms with van der Waals surface area (Å²) >= 11 is -2.03. The van der Waals surface area contributed by atoms with E-state index >= 15 is 0 Å². The second-order valence-corrected chi connectivity index (χ2v) is 1.31. The second-order valence-electron chi connectivity index (χ2n) is 0.976. The predicted octanol–water partition coefficient (Wildman–Crippen LogP) is -1.44. The molecule has 0 aliphatic rings. The van der Waals surface area contributed by atoms with E-state index in [0.717, 1.165) is 0 Å². The molecule has 0 aromatic rings. The average molecular weight is 246 g/mol. The first-order valence-corrected chi connectivity index (χ1v) is 4.26. The monoisotopic (exact) mass is 248 g/mol. The molecule has 0 fully saturated rings. The Morgan fingerprint density at radius 3 is 1.09 bits per heavy atom. The Morgan fingerprint density at radius 2 is 1.09 bits per heavy atom. The summed E-state index contributed by atoms with van der Waals surface area (Å²) in [5.74, 6) is 0. The van der Waals surface area contributed by atoms with Gasteiger partial charge in [-0.3, -0.25) is 0 Å². The van der Waals surface area contributed by atoms with Crippen LogP contribution in [0.25, 0.3) is 11.5 Å². The fraction of sp³-hybridized carbons (Fsp3) is 1.00. The molecule has 6 nitrogen and oxygen atoms in total. The summed E-state index contributed by atoms with van der Waals surface area (Å²) in [5.41, 5.74) is 12.3. The van der Waals surface area contributed by atoms with Crippen LogP contribution in [0.5, 0.6) is 0 Å². The molecule has 0 rings (SSSR count). The van der Waals surface area contributed by atoms with Crippen molar-refractivity contribution >= 4 is 0 Å². The van der Waals surface area contributed by atoms with Gasteiger partial charge in [-0.25, -0.2) is 0 Å². The Hall–Kier alpha value is 0.128. The van der Waals surface area contributed by atoms with Crippen LogP contribution in [0.1, 0.15) is 0 Å². The fourth-order valence-corrected chi connectivity index (χ4v) is 0. The standard InChI is InChI=1S/2C2H5NO.Mo.2O/c2*3-1-2-4;;;/h2*3H,1-2H2;;;/q2*-2;+2;;. The van der Waals surface area contributed by atoms with Crippen LogP contribution in [0.3, 0.4) is 0 Å². The van der Waals surface area contributed by atoms with Gasteiger partial charge in [-0.1, -0.05) is 0 Å². The van der Waals surface area contributed by atoms with E-state index in [4.69, 9.17) is 28.5 Å². The summed E-state index contributed by atoms with van der Waals surface area (Å²) in [6.07, 6.45) is 0. The Bertz CT molecular complexity index is 68.5. The van der Waals surface area contributed by atoms with Crippen LogP contribution >= 0.6 is 0 Å². The van der Waals surface area contributed by atoms with E-state index in [0.29, 0.717) is 0 Å². The van der Waals surface area contributed by atoms with Crippen molar-refractivity contribution in [3.05, 3.63) is 11.5 Å². The molecule has 0 aliphatic heterocycles. The summed E-state index contributed by atoms with van der Waals surface area (Å²) in [7, 11) is 0. The summed E-state index contributed by atoms with van der Waals surface area (Å²) in [6, 6.07) is 0. The van der Waals surface area contributed by atoms with Gasteiger partial charge in [-0.2, -0.15) is 26.3 Å². The molecule has 0 aromatic carbocycles. The first-order valence-electron chi connectivity index (χ1n) is 2.62. The summed E-state index contributed by atoms with van der Waals surface area (Å²) in [6.45, 7) is -0.500. The van der Waals surface area contributed by atoms with Gasteiger partial charge in [0.25, 0.3) is 0 Å².